The second-order valence-corrected chi connectivity index (χ2v) is 5.50. The predicted molar refractivity (Wildman–Crippen MR) is 68.5 cm³/mol. The molecule has 2 aromatic heterocycles. The molecule has 0 aromatic carbocycles. The Morgan fingerprint density at radius 1 is 1.33 bits per heavy atom. The van der Waals surface area contributed by atoms with Gasteiger partial charge in [-0.2, -0.15) is 11.3 Å². The molecule has 2 heterocycles. The lowest BCUT2D eigenvalue weighted by Gasteiger charge is -2.23. The standard InChI is InChI=1S/C12H15NS2/c1-10(12-4-3-6-15-12)13(2)8-11-5-7-14-9-11/h3-7,9-10H,8H2,1-2H3/t10-/m0/s1. The fourth-order valence-electron chi connectivity index (χ4n) is 1.55. The van der Waals surface area contributed by atoms with Crippen molar-refractivity contribution in [2.45, 2.75) is 19.5 Å². The van der Waals surface area contributed by atoms with Crippen LogP contribution in [0.4, 0.5) is 0 Å². The number of nitrogens with zero attached hydrogens (tertiary/aromatic N) is 1. The highest BCUT2D eigenvalue weighted by Gasteiger charge is 2.12. The summed E-state index contributed by atoms with van der Waals surface area (Å²) in [5.41, 5.74) is 1.41. The summed E-state index contributed by atoms with van der Waals surface area (Å²) in [5, 5.41) is 6.50. The Labute approximate surface area is 99.0 Å². The smallest absolute Gasteiger partial charge is 0.0413 e. The third-order valence-electron chi connectivity index (χ3n) is 2.63. The van der Waals surface area contributed by atoms with Crippen LogP contribution in [0.25, 0.3) is 0 Å². The molecule has 0 saturated carbocycles. The first kappa shape index (κ1) is 10.9. The lowest BCUT2D eigenvalue weighted by Crippen LogP contribution is -2.20. The van der Waals surface area contributed by atoms with Crippen molar-refractivity contribution in [1.29, 1.82) is 0 Å². The van der Waals surface area contributed by atoms with Gasteiger partial charge in [0.2, 0.25) is 0 Å². The normalized spacial score (nSPS) is 13.3. The van der Waals surface area contributed by atoms with Crippen LogP contribution >= 0.6 is 22.7 Å². The summed E-state index contributed by atoms with van der Waals surface area (Å²) in [6.45, 7) is 3.29. The zero-order chi connectivity index (χ0) is 10.7. The molecule has 3 heteroatoms. The van der Waals surface area contributed by atoms with E-state index in [-0.39, 0.29) is 0 Å². The van der Waals surface area contributed by atoms with Crippen LogP contribution in [0, 0.1) is 0 Å². The molecule has 0 amide bonds. The van der Waals surface area contributed by atoms with Crippen LogP contribution < -0.4 is 0 Å². The first-order valence-electron chi connectivity index (χ1n) is 5.02. The first-order valence-corrected chi connectivity index (χ1v) is 6.84. The summed E-state index contributed by atoms with van der Waals surface area (Å²) in [4.78, 5) is 3.82. The van der Waals surface area contributed by atoms with Crippen LogP contribution in [0.5, 0.6) is 0 Å². The van der Waals surface area contributed by atoms with Crippen LogP contribution in [0.3, 0.4) is 0 Å². The second-order valence-electron chi connectivity index (χ2n) is 3.74. The highest BCUT2D eigenvalue weighted by atomic mass is 32.1. The Bertz CT molecular complexity index is 378. The van der Waals surface area contributed by atoms with Gasteiger partial charge in [-0.15, -0.1) is 11.3 Å². The van der Waals surface area contributed by atoms with E-state index in [0.29, 0.717) is 6.04 Å². The minimum Gasteiger partial charge on any atom is -0.295 e. The minimum absolute atomic E-state index is 0.505. The average molecular weight is 237 g/mol. The van der Waals surface area contributed by atoms with Crippen LogP contribution in [0.2, 0.25) is 0 Å². The van der Waals surface area contributed by atoms with E-state index < -0.39 is 0 Å². The summed E-state index contributed by atoms with van der Waals surface area (Å²) >= 11 is 3.60. The number of hydrogen-bond acceptors (Lipinski definition) is 3. The van der Waals surface area contributed by atoms with Gasteiger partial charge in [0.1, 0.15) is 0 Å². The summed E-state index contributed by atoms with van der Waals surface area (Å²) in [5.74, 6) is 0. The van der Waals surface area contributed by atoms with Gasteiger partial charge < -0.3 is 0 Å². The van der Waals surface area contributed by atoms with Crippen LogP contribution in [0.15, 0.2) is 34.3 Å². The molecular weight excluding hydrogens is 222 g/mol. The van der Waals surface area contributed by atoms with Crippen molar-refractivity contribution in [3.8, 4) is 0 Å². The van der Waals surface area contributed by atoms with E-state index in [1.807, 2.05) is 11.3 Å². The van der Waals surface area contributed by atoms with Crippen LogP contribution in [-0.2, 0) is 6.54 Å². The Morgan fingerprint density at radius 3 is 2.80 bits per heavy atom. The summed E-state index contributed by atoms with van der Waals surface area (Å²) < 4.78 is 0. The topological polar surface area (TPSA) is 3.24 Å². The minimum atomic E-state index is 0.505. The van der Waals surface area contributed by atoms with Crippen molar-refractivity contribution in [3.05, 3.63) is 44.8 Å². The van der Waals surface area contributed by atoms with E-state index in [9.17, 15) is 0 Å². The van der Waals surface area contributed by atoms with Crippen molar-refractivity contribution in [1.82, 2.24) is 4.90 Å². The van der Waals surface area contributed by atoms with E-state index in [2.05, 4.69) is 53.2 Å². The van der Waals surface area contributed by atoms with Crippen molar-refractivity contribution in [2.24, 2.45) is 0 Å². The molecule has 15 heavy (non-hydrogen) atoms. The molecule has 0 N–H and O–H groups in total. The van der Waals surface area contributed by atoms with Gasteiger partial charge in [0.05, 0.1) is 0 Å². The molecule has 0 aliphatic rings. The highest BCUT2D eigenvalue weighted by molar-refractivity contribution is 7.10. The molecule has 1 atom stereocenters. The predicted octanol–water partition coefficient (Wildman–Crippen LogP) is 4.00. The fraction of sp³-hybridized carbons (Fsp3) is 0.333. The molecule has 2 aromatic rings. The van der Waals surface area contributed by atoms with Crippen molar-refractivity contribution in [2.75, 3.05) is 7.05 Å². The maximum Gasteiger partial charge on any atom is 0.0413 e. The first-order chi connectivity index (χ1) is 7.27. The second kappa shape index (κ2) is 4.92. The Hall–Kier alpha value is -0.640. The summed E-state index contributed by atoms with van der Waals surface area (Å²) in [6, 6.07) is 7.03. The number of rotatable bonds is 4. The van der Waals surface area contributed by atoms with Gasteiger partial charge in [-0.1, -0.05) is 6.07 Å². The zero-order valence-corrected chi connectivity index (χ0v) is 10.6. The molecule has 0 spiro atoms. The van der Waals surface area contributed by atoms with E-state index in [4.69, 9.17) is 0 Å². The third-order valence-corrected chi connectivity index (χ3v) is 4.40. The van der Waals surface area contributed by atoms with Gasteiger partial charge in [0, 0.05) is 17.5 Å². The van der Waals surface area contributed by atoms with E-state index in [1.165, 1.54) is 10.4 Å². The summed E-state index contributed by atoms with van der Waals surface area (Å²) in [6.07, 6.45) is 0. The van der Waals surface area contributed by atoms with Crippen LogP contribution in [-0.4, -0.2) is 11.9 Å². The van der Waals surface area contributed by atoms with Crippen LogP contribution in [0.1, 0.15) is 23.4 Å². The quantitative estimate of drug-likeness (QED) is 0.777. The number of hydrogen-bond donors (Lipinski definition) is 0. The van der Waals surface area contributed by atoms with Gasteiger partial charge in [0.25, 0.3) is 0 Å². The molecule has 0 aliphatic carbocycles. The monoisotopic (exact) mass is 237 g/mol. The van der Waals surface area contributed by atoms with Crippen molar-refractivity contribution < 1.29 is 0 Å². The summed E-state index contributed by atoms with van der Waals surface area (Å²) in [7, 11) is 2.18. The van der Waals surface area contributed by atoms with Gasteiger partial charge in [-0.25, -0.2) is 0 Å². The van der Waals surface area contributed by atoms with Gasteiger partial charge in [-0.05, 0) is 47.8 Å². The van der Waals surface area contributed by atoms with E-state index >= 15 is 0 Å². The molecule has 0 fully saturated rings. The SMILES string of the molecule is C[C@@H](c1cccs1)N(C)Cc1ccsc1. The molecule has 0 unspecified atom stereocenters. The fourth-order valence-corrected chi connectivity index (χ4v) is 3.06. The molecule has 0 saturated heterocycles. The molecule has 80 valence electrons. The largest absolute Gasteiger partial charge is 0.295 e. The third kappa shape index (κ3) is 2.68. The Balaban J connectivity index is 1.99. The van der Waals surface area contributed by atoms with Crippen molar-refractivity contribution in [3.63, 3.8) is 0 Å². The van der Waals surface area contributed by atoms with Gasteiger partial charge >= 0.3 is 0 Å². The molecular formula is C12H15NS2. The van der Waals surface area contributed by atoms with Gasteiger partial charge in [-0.3, -0.25) is 4.90 Å². The molecule has 2 rings (SSSR count). The zero-order valence-electron chi connectivity index (χ0n) is 9.01. The Morgan fingerprint density at radius 2 is 2.20 bits per heavy atom. The molecule has 1 nitrogen and oxygen atoms in total. The van der Waals surface area contributed by atoms with Gasteiger partial charge in [0.15, 0.2) is 0 Å². The maximum atomic E-state index is 2.38. The lowest BCUT2D eigenvalue weighted by molar-refractivity contribution is 0.257. The average Bonchev–Trinajstić information content (AvgIpc) is 2.88. The lowest BCUT2D eigenvalue weighted by atomic mass is 10.2. The maximum absolute atomic E-state index is 2.38. The van der Waals surface area contributed by atoms with E-state index in [0.717, 1.165) is 6.54 Å². The molecule has 0 aliphatic heterocycles. The molecule has 0 bridgehead atoms. The van der Waals surface area contributed by atoms with E-state index in [1.54, 1.807) is 11.3 Å². The highest BCUT2D eigenvalue weighted by Crippen LogP contribution is 2.24. The Kier molecular flexibility index (Phi) is 3.57. The van der Waals surface area contributed by atoms with Crippen molar-refractivity contribution >= 4 is 22.7 Å². The number of thiophene rings is 2. The molecule has 0 radical (unpaired) electrons.